The Morgan fingerprint density at radius 2 is 1.24 bits per heavy atom. The molecule has 3 aromatic carbocycles. The lowest BCUT2D eigenvalue weighted by Crippen LogP contribution is -2.16. The van der Waals surface area contributed by atoms with E-state index in [2.05, 4.69) is 6.92 Å². The van der Waals surface area contributed by atoms with E-state index in [9.17, 15) is 9.59 Å². The fourth-order valence-corrected chi connectivity index (χ4v) is 3.83. The fourth-order valence-electron chi connectivity index (χ4n) is 3.83. The summed E-state index contributed by atoms with van der Waals surface area (Å²) in [7, 11) is 0. The summed E-state index contributed by atoms with van der Waals surface area (Å²) in [5, 5.41) is 0. The van der Waals surface area contributed by atoms with E-state index in [-0.39, 0.29) is 18.0 Å². The molecule has 7 nitrogen and oxygen atoms in total. The lowest BCUT2D eigenvalue weighted by atomic mass is 10.0. The van der Waals surface area contributed by atoms with E-state index in [0.717, 1.165) is 48.3 Å². The van der Waals surface area contributed by atoms with Gasteiger partial charge in [-0.15, -0.1) is 0 Å². The van der Waals surface area contributed by atoms with Crippen LogP contribution in [0.2, 0.25) is 0 Å². The van der Waals surface area contributed by atoms with Gasteiger partial charge in [0.25, 0.3) is 0 Å². The Kier molecular flexibility index (Phi) is 13.4. The SMILES string of the molecule is CCCCOCCOCCOc1ccc(-c2ccc(C(=O)Oc3ccc(C(C)OC(=O)C(C)CC)cc3)cc2)cc1. The van der Waals surface area contributed by atoms with Crippen molar-refractivity contribution in [2.45, 2.75) is 53.1 Å². The summed E-state index contributed by atoms with van der Waals surface area (Å²) in [6, 6.07) is 22.1. The Balaban J connectivity index is 1.43. The molecule has 3 aromatic rings. The monoisotopic (exact) mass is 562 g/mol. The third kappa shape index (κ3) is 10.7. The van der Waals surface area contributed by atoms with Crippen molar-refractivity contribution in [2.24, 2.45) is 5.92 Å². The van der Waals surface area contributed by atoms with Crippen LogP contribution >= 0.6 is 0 Å². The predicted octanol–water partition coefficient (Wildman–Crippen LogP) is 7.44. The minimum atomic E-state index is -0.445. The molecule has 0 aliphatic carbocycles. The second kappa shape index (κ2) is 17.2. The number of carbonyl (C=O) groups is 2. The van der Waals surface area contributed by atoms with Crippen LogP contribution in [0.5, 0.6) is 11.5 Å². The molecule has 0 bridgehead atoms. The summed E-state index contributed by atoms with van der Waals surface area (Å²) in [6.45, 7) is 10.7. The number of rotatable bonds is 17. The van der Waals surface area contributed by atoms with Crippen LogP contribution in [0.3, 0.4) is 0 Å². The van der Waals surface area contributed by atoms with Crippen LogP contribution in [-0.4, -0.2) is 45.0 Å². The number of benzene rings is 3. The molecule has 0 aliphatic heterocycles. The van der Waals surface area contributed by atoms with E-state index in [1.807, 2.05) is 57.2 Å². The van der Waals surface area contributed by atoms with Crippen molar-refractivity contribution in [1.82, 2.24) is 0 Å². The van der Waals surface area contributed by atoms with Gasteiger partial charge >= 0.3 is 11.9 Å². The van der Waals surface area contributed by atoms with Gasteiger partial charge in [-0.05, 0) is 72.9 Å². The second-order valence-corrected chi connectivity index (χ2v) is 9.88. The summed E-state index contributed by atoms with van der Waals surface area (Å²) in [5.74, 6) is 0.386. The lowest BCUT2D eigenvalue weighted by Gasteiger charge is -2.16. The van der Waals surface area contributed by atoms with Gasteiger partial charge in [-0.3, -0.25) is 4.79 Å². The third-order valence-corrected chi connectivity index (χ3v) is 6.69. The smallest absolute Gasteiger partial charge is 0.343 e. The number of esters is 2. The highest BCUT2D eigenvalue weighted by Gasteiger charge is 2.17. The first-order valence-corrected chi connectivity index (χ1v) is 14.4. The first kappa shape index (κ1) is 31.8. The zero-order chi connectivity index (χ0) is 29.5. The maximum atomic E-state index is 12.7. The average molecular weight is 563 g/mol. The van der Waals surface area contributed by atoms with Gasteiger partial charge in [-0.1, -0.05) is 63.6 Å². The summed E-state index contributed by atoms with van der Waals surface area (Å²) in [4.78, 5) is 24.7. The highest BCUT2D eigenvalue weighted by atomic mass is 16.6. The highest BCUT2D eigenvalue weighted by Crippen LogP contribution is 2.25. The van der Waals surface area contributed by atoms with Crippen molar-refractivity contribution in [3.63, 3.8) is 0 Å². The van der Waals surface area contributed by atoms with Crippen LogP contribution in [0, 0.1) is 5.92 Å². The molecule has 0 heterocycles. The molecular formula is C34H42O7. The Morgan fingerprint density at radius 1 is 0.683 bits per heavy atom. The van der Waals surface area contributed by atoms with Gasteiger partial charge < -0.3 is 23.7 Å². The van der Waals surface area contributed by atoms with Gasteiger partial charge in [0.15, 0.2) is 0 Å². The molecular weight excluding hydrogens is 520 g/mol. The molecule has 2 atom stereocenters. The van der Waals surface area contributed by atoms with E-state index in [1.165, 1.54) is 0 Å². The van der Waals surface area contributed by atoms with Crippen LogP contribution in [0.4, 0.5) is 0 Å². The fraction of sp³-hybridized carbons (Fsp3) is 0.412. The summed E-state index contributed by atoms with van der Waals surface area (Å²) in [5.41, 5.74) is 3.27. The minimum absolute atomic E-state index is 0.140. The van der Waals surface area contributed by atoms with Gasteiger partial charge in [0.05, 0.1) is 31.3 Å². The van der Waals surface area contributed by atoms with Crippen molar-refractivity contribution in [3.8, 4) is 22.6 Å². The maximum Gasteiger partial charge on any atom is 0.343 e. The molecule has 3 rings (SSSR count). The summed E-state index contributed by atoms with van der Waals surface area (Å²) < 4.78 is 27.8. The molecule has 0 saturated heterocycles. The van der Waals surface area contributed by atoms with E-state index < -0.39 is 5.97 Å². The normalized spacial score (nSPS) is 12.4. The summed E-state index contributed by atoms with van der Waals surface area (Å²) in [6.07, 6.45) is 2.56. The highest BCUT2D eigenvalue weighted by molar-refractivity contribution is 5.91. The first-order chi connectivity index (χ1) is 19.9. The number of unbranched alkanes of at least 4 members (excludes halogenated alkanes) is 1. The van der Waals surface area contributed by atoms with Gasteiger partial charge in [0.2, 0.25) is 0 Å². The van der Waals surface area contributed by atoms with Gasteiger partial charge in [-0.25, -0.2) is 4.79 Å². The molecule has 2 unspecified atom stereocenters. The zero-order valence-electron chi connectivity index (χ0n) is 24.6. The predicted molar refractivity (Wildman–Crippen MR) is 159 cm³/mol. The van der Waals surface area contributed by atoms with Crippen LogP contribution in [-0.2, 0) is 19.0 Å². The second-order valence-electron chi connectivity index (χ2n) is 9.88. The standard InChI is InChI=1S/C34H42O7/c1-5-7-20-37-21-22-38-23-24-39-31-16-14-29(15-17-31)28-8-10-30(11-9-28)34(36)41-32-18-12-27(13-19-32)26(4)40-33(35)25(3)6-2/h8-19,25-26H,5-7,20-24H2,1-4H3. The quantitative estimate of drug-likeness (QED) is 0.0961. The molecule has 220 valence electrons. The topological polar surface area (TPSA) is 80.3 Å². The van der Waals surface area contributed by atoms with E-state index >= 15 is 0 Å². The minimum Gasteiger partial charge on any atom is -0.491 e. The lowest BCUT2D eigenvalue weighted by molar-refractivity contribution is -0.153. The van der Waals surface area contributed by atoms with Crippen molar-refractivity contribution in [2.75, 3.05) is 33.0 Å². The first-order valence-electron chi connectivity index (χ1n) is 14.4. The molecule has 7 heteroatoms. The van der Waals surface area contributed by atoms with Crippen LogP contribution < -0.4 is 9.47 Å². The molecule has 0 fully saturated rings. The van der Waals surface area contributed by atoms with E-state index in [4.69, 9.17) is 23.7 Å². The van der Waals surface area contributed by atoms with Crippen molar-refractivity contribution in [3.05, 3.63) is 83.9 Å². The molecule has 0 N–H and O–H groups in total. The largest absolute Gasteiger partial charge is 0.491 e. The third-order valence-electron chi connectivity index (χ3n) is 6.69. The molecule has 0 radical (unpaired) electrons. The molecule has 0 spiro atoms. The maximum absolute atomic E-state index is 12.7. The summed E-state index contributed by atoms with van der Waals surface area (Å²) >= 11 is 0. The van der Waals surface area contributed by atoms with Crippen LogP contribution in [0.25, 0.3) is 11.1 Å². The number of carbonyl (C=O) groups excluding carboxylic acids is 2. The Labute approximate surface area is 243 Å². The van der Waals surface area contributed by atoms with Crippen molar-refractivity contribution >= 4 is 11.9 Å². The van der Waals surface area contributed by atoms with E-state index in [1.54, 1.807) is 36.4 Å². The molecule has 41 heavy (non-hydrogen) atoms. The number of hydrogen-bond donors (Lipinski definition) is 0. The van der Waals surface area contributed by atoms with Gasteiger partial charge in [0, 0.05) is 6.61 Å². The number of hydrogen-bond acceptors (Lipinski definition) is 7. The van der Waals surface area contributed by atoms with Crippen molar-refractivity contribution in [1.29, 1.82) is 0 Å². The van der Waals surface area contributed by atoms with Gasteiger partial charge in [-0.2, -0.15) is 0 Å². The Hall–Kier alpha value is -3.68. The Morgan fingerprint density at radius 3 is 1.85 bits per heavy atom. The Bertz CT molecular complexity index is 1190. The molecule has 0 aliphatic rings. The molecule has 0 amide bonds. The molecule has 0 aromatic heterocycles. The van der Waals surface area contributed by atoms with Gasteiger partial charge in [0.1, 0.15) is 24.2 Å². The zero-order valence-corrected chi connectivity index (χ0v) is 24.6. The average Bonchev–Trinajstić information content (AvgIpc) is 3.00. The van der Waals surface area contributed by atoms with E-state index in [0.29, 0.717) is 37.7 Å². The van der Waals surface area contributed by atoms with Crippen LogP contribution in [0.1, 0.15) is 69.0 Å². The molecule has 0 saturated carbocycles. The number of ether oxygens (including phenoxy) is 5. The van der Waals surface area contributed by atoms with Crippen molar-refractivity contribution < 1.29 is 33.3 Å². The van der Waals surface area contributed by atoms with Crippen LogP contribution in [0.15, 0.2) is 72.8 Å².